The van der Waals surface area contributed by atoms with Crippen molar-refractivity contribution in [1.82, 2.24) is 40.3 Å². The third kappa shape index (κ3) is 11.4. The summed E-state index contributed by atoms with van der Waals surface area (Å²) in [4.78, 5) is 38.0. The molecule has 0 aliphatic carbocycles. The number of nitrogens with zero attached hydrogens (tertiary/aromatic N) is 8. The van der Waals surface area contributed by atoms with Gasteiger partial charge in [-0.2, -0.15) is 0 Å². The van der Waals surface area contributed by atoms with E-state index < -0.39 is 0 Å². The van der Waals surface area contributed by atoms with Crippen molar-refractivity contribution in [3.05, 3.63) is 132 Å². The summed E-state index contributed by atoms with van der Waals surface area (Å²) in [5.41, 5.74) is 11.2. The maximum Gasteiger partial charge on any atom is 2.00 e. The zero-order chi connectivity index (χ0) is 41.5. The number of carbonyl (C=O) groups excluding carboxylic acids is 2. The van der Waals surface area contributed by atoms with E-state index in [2.05, 4.69) is 130 Å². The number of pyridine rings is 4. The molecule has 0 fully saturated rings. The van der Waals surface area contributed by atoms with E-state index in [1.165, 1.54) is 23.5 Å². The van der Waals surface area contributed by atoms with Crippen molar-refractivity contribution in [3.63, 3.8) is 0 Å². The second-order valence-electron chi connectivity index (χ2n) is 15.6. The summed E-state index contributed by atoms with van der Waals surface area (Å²) in [7, 11) is 0. The van der Waals surface area contributed by atoms with Gasteiger partial charge < -0.3 is 29.9 Å². The molecule has 0 aliphatic heterocycles. The van der Waals surface area contributed by atoms with Gasteiger partial charge in [-0.15, -0.1) is 0 Å². The predicted octanol–water partition coefficient (Wildman–Crippen LogP) is 8.93. The molecule has 0 N–H and O–H groups in total. The fraction of sp³-hybridized carbons (Fsp3) is 0.217. The van der Waals surface area contributed by atoms with Gasteiger partial charge >= 0.3 is 19.5 Å². The minimum absolute atomic E-state index is 0. The third-order valence-corrected chi connectivity index (χ3v) is 9.05. The summed E-state index contributed by atoms with van der Waals surface area (Å²) in [6.45, 7) is 17.9. The molecule has 0 aliphatic rings. The smallest absolute Gasteiger partial charge is 0.574 e. The largest absolute Gasteiger partial charge is 2.00 e. The van der Waals surface area contributed by atoms with Crippen molar-refractivity contribution in [3.8, 4) is 45.7 Å². The van der Waals surface area contributed by atoms with Crippen molar-refractivity contribution >= 4 is 34.8 Å². The molecule has 8 rings (SSSR count). The van der Waals surface area contributed by atoms with Gasteiger partial charge in [0.1, 0.15) is 11.5 Å². The second-order valence-corrected chi connectivity index (χ2v) is 15.6. The Kier molecular flexibility index (Phi) is 14.0. The summed E-state index contributed by atoms with van der Waals surface area (Å²) in [5, 5.41) is 18.7. The predicted molar refractivity (Wildman–Crippen MR) is 224 cm³/mol. The van der Waals surface area contributed by atoms with Gasteiger partial charge in [0, 0.05) is 46.7 Å². The quantitative estimate of drug-likeness (QED) is 0.111. The van der Waals surface area contributed by atoms with Gasteiger partial charge in [0.15, 0.2) is 0 Å². The molecule has 0 atom stereocenters. The van der Waals surface area contributed by atoms with Crippen LogP contribution in [0.25, 0.3) is 56.0 Å². The van der Waals surface area contributed by atoms with Gasteiger partial charge in [-0.3, -0.25) is 19.6 Å². The van der Waals surface area contributed by atoms with Gasteiger partial charge in [-0.05, 0) is 84.3 Å². The van der Waals surface area contributed by atoms with E-state index in [0.29, 0.717) is 35.8 Å². The molecular formula is C46H44N8O4Ru. The summed E-state index contributed by atoms with van der Waals surface area (Å²) in [5.74, 6) is 0.719. The molecule has 6 aromatic heterocycles. The summed E-state index contributed by atoms with van der Waals surface area (Å²) in [6, 6.07) is 31.3. The second kappa shape index (κ2) is 18.9. The molecule has 0 unspecified atom stereocenters. The van der Waals surface area contributed by atoms with Crippen molar-refractivity contribution in [2.24, 2.45) is 0 Å². The van der Waals surface area contributed by atoms with Crippen LogP contribution in [-0.4, -0.2) is 43.1 Å². The summed E-state index contributed by atoms with van der Waals surface area (Å²) >= 11 is 0. The first kappa shape index (κ1) is 43.7. The van der Waals surface area contributed by atoms with Gasteiger partial charge in [0.2, 0.25) is 0 Å². The maximum absolute atomic E-state index is 10.2. The normalized spacial score (nSPS) is 11.1. The van der Waals surface area contributed by atoms with Gasteiger partial charge in [0.25, 0.3) is 12.9 Å². The Morgan fingerprint density at radius 2 is 0.915 bits per heavy atom. The number of rotatable bonds is 7. The van der Waals surface area contributed by atoms with E-state index in [4.69, 9.17) is 9.47 Å². The molecule has 0 radical (unpaired) electrons. The number of hydrogen-bond donors (Lipinski definition) is 0. The van der Waals surface area contributed by atoms with E-state index >= 15 is 0 Å². The topological polar surface area (TPSA) is 158 Å². The molecule has 12 nitrogen and oxygen atoms in total. The fourth-order valence-electron chi connectivity index (χ4n) is 5.86. The Hall–Kier alpha value is -6.46. The summed E-state index contributed by atoms with van der Waals surface area (Å²) < 4.78 is 9.42. The van der Waals surface area contributed by atoms with E-state index in [9.17, 15) is 9.59 Å². The number of aryl methyl sites for hydroxylation is 2. The van der Waals surface area contributed by atoms with Crippen LogP contribution in [0, 0.1) is 13.8 Å². The van der Waals surface area contributed by atoms with Crippen LogP contribution in [0.2, 0.25) is 0 Å². The van der Waals surface area contributed by atoms with Gasteiger partial charge in [-0.1, -0.05) is 89.3 Å². The Bertz CT molecular complexity index is 2510. The molecule has 8 aromatic rings. The van der Waals surface area contributed by atoms with E-state index in [-0.39, 0.29) is 30.3 Å². The molecule has 0 amide bonds. The average Bonchev–Trinajstić information content (AvgIpc) is 3.85. The standard InChI is InChI=1S/2C17H18N3.C12H8N2O4.Ru/c2*1-11-9-16(20-19-11)15-7-5-12-10-13(17(2,3)4)6-8-14(12)18-15;15-7-17-9-1-3-13-11(5-9)12-6-10(18-8-16)2-4-14-12;/h2*5-10H,1-4H3;1-8H;/q2*-1;;+2. The first-order chi connectivity index (χ1) is 27.7. The summed E-state index contributed by atoms with van der Waals surface area (Å²) in [6.07, 6.45) is 2.98. The maximum atomic E-state index is 10.2. The number of ether oxygens (including phenoxy) is 2. The Labute approximate surface area is 356 Å². The van der Waals surface area contributed by atoms with E-state index in [1.807, 2.05) is 38.1 Å². The van der Waals surface area contributed by atoms with E-state index in [1.54, 1.807) is 24.3 Å². The SMILES string of the molecule is Cc1cc(-c2ccc3cc(C(C)(C)C)ccc3n2)[n-]n1.Cc1cc(-c2ccc3cc(C(C)(C)C)ccc3n2)[n-]n1.O=COc1ccnc(-c2cc(OC=O)ccn2)c1.[Ru+2]. The van der Waals surface area contributed by atoms with Gasteiger partial charge in [-0.25, -0.2) is 9.97 Å². The Morgan fingerprint density at radius 3 is 1.25 bits per heavy atom. The van der Waals surface area contributed by atoms with Crippen LogP contribution in [0.1, 0.15) is 64.1 Å². The van der Waals surface area contributed by atoms with Crippen molar-refractivity contribution in [2.45, 2.75) is 66.2 Å². The van der Waals surface area contributed by atoms with Crippen LogP contribution in [-0.2, 0) is 39.9 Å². The molecule has 0 saturated heterocycles. The van der Waals surface area contributed by atoms with Crippen LogP contribution >= 0.6 is 0 Å². The molecule has 0 spiro atoms. The first-order valence-corrected chi connectivity index (χ1v) is 18.6. The van der Waals surface area contributed by atoms with Crippen LogP contribution < -0.4 is 19.7 Å². The molecule has 0 saturated carbocycles. The zero-order valence-corrected chi connectivity index (χ0v) is 35.8. The number of fused-ring (bicyclic) bond motifs is 2. The van der Waals surface area contributed by atoms with Crippen molar-refractivity contribution < 1.29 is 38.5 Å². The molecule has 300 valence electrons. The van der Waals surface area contributed by atoms with Gasteiger partial charge in [0.05, 0.1) is 33.8 Å². The third-order valence-electron chi connectivity index (χ3n) is 9.05. The van der Waals surface area contributed by atoms with Crippen LogP contribution in [0.15, 0.2) is 109 Å². The molecule has 2 aromatic carbocycles. The minimum Gasteiger partial charge on any atom is -0.574 e. The first-order valence-electron chi connectivity index (χ1n) is 18.6. The Morgan fingerprint density at radius 1 is 0.508 bits per heavy atom. The number of hydrogen-bond acceptors (Lipinski definition) is 10. The molecule has 6 heterocycles. The van der Waals surface area contributed by atoms with Crippen molar-refractivity contribution in [2.75, 3.05) is 0 Å². The van der Waals surface area contributed by atoms with Crippen LogP contribution in [0.4, 0.5) is 0 Å². The zero-order valence-electron chi connectivity index (χ0n) is 34.1. The Balaban J connectivity index is 0.000000167. The molecule has 59 heavy (non-hydrogen) atoms. The minimum atomic E-state index is 0. The number of aromatic nitrogens is 8. The monoisotopic (exact) mass is 874 g/mol. The average molecular weight is 874 g/mol. The number of benzene rings is 2. The fourth-order valence-corrected chi connectivity index (χ4v) is 5.86. The molecule has 13 heteroatoms. The van der Waals surface area contributed by atoms with E-state index in [0.717, 1.165) is 56.0 Å². The molecular weight excluding hydrogens is 830 g/mol. The number of carbonyl (C=O) groups is 2. The van der Waals surface area contributed by atoms with Crippen LogP contribution in [0.3, 0.4) is 0 Å². The molecule has 0 bridgehead atoms. The van der Waals surface area contributed by atoms with Crippen LogP contribution in [0.5, 0.6) is 11.5 Å². The van der Waals surface area contributed by atoms with Crippen molar-refractivity contribution in [1.29, 1.82) is 0 Å².